The molecule has 2 amide bonds. The second-order valence-electron chi connectivity index (χ2n) is 4.59. The molecule has 0 radical (unpaired) electrons. The van der Waals surface area contributed by atoms with Crippen molar-refractivity contribution in [2.75, 3.05) is 11.9 Å². The van der Waals surface area contributed by atoms with Gasteiger partial charge in [-0.15, -0.1) is 0 Å². The first kappa shape index (κ1) is 14.8. The van der Waals surface area contributed by atoms with Gasteiger partial charge in [0.2, 0.25) is 5.91 Å². The number of benzene rings is 1. The zero-order valence-electron chi connectivity index (χ0n) is 11.9. The van der Waals surface area contributed by atoms with E-state index in [1.165, 1.54) is 11.8 Å². The Kier molecular flexibility index (Phi) is 5.15. The normalized spacial score (nSPS) is 10.1. The first-order valence-electron chi connectivity index (χ1n) is 6.89. The molecule has 1 aromatic carbocycles. The van der Waals surface area contributed by atoms with Crippen LogP contribution in [0.3, 0.4) is 0 Å². The highest BCUT2D eigenvalue weighted by molar-refractivity contribution is 5.93. The number of nitrogens with one attached hydrogen (secondary N) is 2. The van der Waals surface area contributed by atoms with Gasteiger partial charge in [0.25, 0.3) is 5.91 Å². The van der Waals surface area contributed by atoms with E-state index in [4.69, 9.17) is 4.42 Å². The zero-order chi connectivity index (χ0) is 15.1. The molecule has 0 unspecified atom stereocenters. The molecule has 110 valence electrons. The molecule has 0 fully saturated rings. The summed E-state index contributed by atoms with van der Waals surface area (Å²) < 4.78 is 4.96. The summed E-state index contributed by atoms with van der Waals surface area (Å²) in [5.74, 6) is -0.213. The molecule has 2 aromatic rings. The fourth-order valence-corrected chi connectivity index (χ4v) is 1.88. The summed E-state index contributed by atoms with van der Waals surface area (Å²) >= 11 is 0. The van der Waals surface area contributed by atoms with Crippen LogP contribution in [-0.2, 0) is 11.2 Å². The van der Waals surface area contributed by atoms with E-state index < -0.39 is 0 Å². The lowest BCUT2D eigenvalue weighted by molar-refractivity contribution is -0.116. The predicted molar refractivity (Wildman–Crippen MR) is 80.1 cm³/mol. The van der Waals surface area contributed by atoms with Gasteiger partial charge in [-0.2, -0.15) is 0 Å². The fraction of sp³-hybridized carbons (Fsp3) is 0.250. The van der Waals surface area contributed by atoms with E-state index in [1.54, 1.807) is 12.1 Å². The van der Waals surface area contributed by atoms with Crippen molar-refractivity contribution in [2.45, 2.75) is 19.8 Å². The smallest absolute Gasteiger partial charge is 0.286 e. The van der Waals surface area contributed by atoms with Crippen LogP contribution >= 0.6 is 0 Å². The van der Waals surface area contributed by atoms with Gasteiger partial charge in [0.1, 0.15) is 0 Å². The van der Waals surface area contributed by atoms with Crippen molar-refractivity contribution in [1.29, 1.82) is 0 Å². The number of amides is 2. The molecule has 5 nitrogen and oxygen atoms in total. The molecule has 5 heteroatoms. The zero-order valence-corrected chi connectivity index (χ0v) is 11.9. The number of rotatable bonds is 6. The van der Waals surface area contributed by atoms with Crippen LogP contribution in [0.2, 0.25) is 0 Å². The Labute approximate surface area is 123 Å². The predicted octanol–water partition coefficient (Wildman–Crippen LogP) is 2.60. The molecule has 0 aliphatic carbocycles. The van der Waals surface area contributed by atoms with Gasteiger partial charge in [0.05, 0.1) is 6.26 Å². The van der Waals surface area contributed by atoms with Crippen molar-refractivity contribution < 1.29 is 14.0 Å². The van der Waals surface area contributed by atoms with Gasteiger partial charge in [-0.3, -0.25) is 9.59 Å². The third kappa shape index (κ3) is 4.49. The Morgan fingerprint density at radius 2 is 2.05 bits per heavy atom. The van der Waals surface area contributed by atoms with Crippen LogP contribution in [0, 0.1) is 0 Å². The van der Waals surface area contributed by atoms with Crippen LogP contribution in [0.1, 0.15) is 29.5 Å². The van der Waals surface area contributed by atoms with Crippen molar-refractivity contribution in [3.8, 4) is 0 Å². The quantitative estimate of drug-likeness (QED) is 0.857. The second kappa shape index (κ2) is 7.28. The van der Waals surface area contributed by atoms with Gasteiger partial charge < -0.3 is 15.1 Å². The Hall–Kier alpha value is -2.56. The van der Waals surface area contributed by atoms with Gasteiger partial charge >= 0.3 is 0 Å². The average molecular weight is 286 g/mol. The summed E-state index contributed by atoms with van der Waals surface area (Å²) in [4.78, 5) is 23.4. The van der Waals surface area contributed by atoms with Crippen LogP contribution in [0.5, 0.6) is 0 Å². The molecule has 1 heterocycles. The Bertz CT molecular complexity index is 606. The summed E-state index contributed by atoms with van der Waals surface area (Å²) in [5, 5.41) is 5.44. The summed E-state index contributed by atoms with van der Waals surface area (Å²) in [7, 11) is 0. The molecule has 0 aliphatic rings. The Morgan fingerprint density at radius 3 is 2.76 bits per heavy atom. The maximum absolute atomic E-state index is 11.8. The van der Waals surface area contributed by atoms with E-state index in [2.05, 4.69) is 17.6 Å². The highest BCUT2D eigenvalue weighted by Crippen LogP contribution is 2.11. The van der Waals surface area contributed by atoms with E-state index in [-0.39, 0.29) is 30.5 Å². The summed E-state index contributed by atoms with van der Waals surface area (Å²) in [6.45, 7) is 2.32. The van der Waals surface area contributed by atoms with Gasteiger partial charge in [-0.05, 0) is 36.2 Å². The molecule has 0 saturated carbocycles. The van der Waals surface area contributed by atoms with Crippen molar-refractivity contribution in [1.82, 2.24) is 5.32 Å². The standard InChI is InChI=1S/C16H18N2O3/c1-2-12-5-3-6-13(11-12)18-15(19)8-9-17-16(20)14-7-4-10-21-14/h3-7,10-11H,2,8-9H2,1H3,(H,17,20)(H,18,19). The minimum atomic E-state index is -0.319. The summed E-state index contributed by atoms with van der Waals surface area (Å²) in [6, 6.07) is 10.9. The van der Waals surface area contributed by atoms with Crippen molar-refractivity contribution >= 4 is 17.5 Å². The molecule has 0 aliphatic heterocycles. The first-order chi connectivity index (χ1) is 10.2. The molecular formula is C16H18N2O3. The lowest BCUT2D eigenvalue weighted by atomic mass is 10.1. The maximum atomic E-state index is 11.8. The SMILES string of the molecule is CCc1cccc(NC(=O)CCNC(=O)c2ccco2)c1. The topological polar surface area (TPSA) is 71.3 Å². The molecule has 0 bridgehead atoms. The number of carbonyl (C=O) groups excluding carboxylic acids is 2. The molecule has 2 rings (SSSR count). The van der Waals surface area contributed by atoms with Gasteiger partial charge in [0.15, 0.2) is 5.76 Å². The number of anilines is 1. The lowest BCUT2D eigenvalue weighted by Gasteiger charge is -2.07. The molecule has 0 atom stereocenters. The van der Waals surface area contributed by atoms with E-state index >= 15 is 0 Å². The third-order valence-electron chi connectivity index (χ3n) is 3.00. The Morgan fingerprint density at radius 1 is 1.19 bits per heavy atom. The van der Waals surface area contributed by atoms with Crippen molar-refractivity contribution in [3.05, 3.63) is 54.0 Å². The third-order valence-corrected chi connectivity index (χ3v) is 3.00. The summed E-state index contributed by atoms with van der Waals surface area (Å²) in [5.41, 5.74) is 1.94. The molecule has 0 saturated heterocycles. The number of aryl methyl sites for hydroxylation is 1. The molecule has 0 spiro atoms. The van der Waals surface area contributed by atoms with Gasteiger partial charge in [-0.1, -0.05) is 19.1 Å². The van der Waals surface area contributed by atoms with E-state index in [1.807, 2.05) is 24.3 Å². The highest BCUT2D eigenvalue weighted by Gasteiger charge is 2.08. The van der Waals surface area contributed by atoms with Crippen LogP contribution in [0.15, 0.2) is 47.1 Å². The monoisotopic (exact) mass is 286 g/mol. The van der Waals surface area contributed by atoms with E-state index in [0.29, 0.717) is 0 Å². The minimum absolute atomic E-state index is 0.136. The first-order valence-corrected chi connectivity index (χ1v) is 6.89. The lowest BCUT2D eigenvalue weighted by Crippen LogP contribution is -2.27. The average Bonchev–Trinajstić information content (AvgIpc) is 3.01. The van der Waals surface area contributed by atoms with Gasteiger partial charge in [0, 0.05) is 18.7 Å². The van der Waals surface area contributed by atoms with Crippen LogP contribution in [0.4, 0.5) is 5.69 Å². The van der Waals surface area contributed by atoms with Crippen LogP contribution in [-0.4, -0.2) is 18.4 Å². The minimum Gasteiger partial charge on any atom is -0.459 e. The van der Waals surface area contributed by atoms with Crippen LogP contribution in [0.25, 0.3) is 0 Å². The molecular weight excluding hydrogens is 268 g/mol. The number of hydrogen-bond acceptors (Lipinski definition) is 3. The number of hydrogen-bond donors (Lipinski definition) is 2. The Balaban J connectivity index is 1.76. The second-order valence-corrected chi connectivity index (χ2v) is 4.59. The van der Waals surface area contributed by atoms with Crippen molar-refractivity contribution in [3.63, 3.8) is 0 Å². The molecule has 1 aromatic heterocycles. The number of furan rings is 1. The van der Waals surface area contributed by atoms with Gasteiger partial charge in [-0.25, -0.2) is 0 Å². The fourth-order valence-electron chi connectivity index (χ4n) is 1.88. The van der Waals surface area contributed by atoms with Crippen molar-refractivity contribution in [2.24, 2.45) is 0 Å². The number of carbonyl (C=O) groups is 2. The van der Waals surface area contributed by atoms with E-state index in [9.17, 15) is 9.59 Å². The van der Waals surface area contributed by atoms with Crippen LogP contribution < -0.4 is 10.6 Å². The highest BCUT2D eigenvalue weighted by atomic mass is 16.3. The largest absolute Gasteiger partial charge is 0.459 e. The maximum Gasteiger partial charge on any atom is 0.286 e. The molecule has 21 heavy (non-hydrogen) atoms. The summed E-state index contributed by atoms with van der Waals surface area (Å²) in [6.07, 6.45) is 2.56. The van der Waals surface area contributed by atoms with E-state index in [0.717, 1.165) is 12.1 Å². The molecule has 2 N–H and O–H groups in total.